The average molecular weight is 260 g/mol. The normalized spacial score (nSPS) is 17.8. The van der Waals surface area contributed by atoms with Gasteiger partial charge < -0.3 is 5.11 Å². The number of halogens is 1. The van der Waals surface area contributed by atoms with Crippen molar-refractivity contribution in [1.29, 1.82) is 0 Å². The van der Waals surface area contributed by atoms with Gasteiger partial charge in [-0.05, 0) is 19.1 Å². The zero-order chi connectivity index (χ0) is 12.6. The van der Waals surface area contributed by atoms with E-state index >= 15 is 0 Å². The summed E-state index contributed by atoms with van der Waals surface area (Å²) in [6.07, 6.45) is 4.81. The van der Waals surface area contributed by atoms with Crippen LogP contribution >= 0.6 is 11.8 Å². The second-order valence-electron chi connectivity index (χ2n) is 4.22. The Morgan fingerprint density at radius 3 is 2.65 bits per heavy atom. The molecule has 1 aliphatic rings. The van der Waals surface area contributed by atoms with Crippen LogP contribution in [0.4, 0.5) is 4.39 Å². The zero-order valence-electron chi connectivity index (χ0n) is 9.33. The molecule has 1 aromatic heterocycles. The third kappa shape index (κ3) is 1.99. The highest BCUT2D eigenvalue weighted by Crippen LogP contribution is 2.44. The van der Waals surface area contributed by atoms with E-state index in [0.717, 1.165) is 23.8 Å². The Bertz CT molecular complexity index is 542. The van der Waals surface area contributed by atoms with E-state index in [0.29, 0.717) is 0 Å². The molecule has 0 amide bonds. The molecule has 0 aliphatic heterocycles. The second kappa shape index (κ2) is 4.21. The average Bonchev–Trinajstić information content (AvgIpc) is 2.24. The third-order valence-electron chi connectivity index (χ3n) is 3.26. The van der Waals surface area contributed by atoms with E-state index in [9.17, 15) is 19.1 Å². The second-order valence-corrected chi connectivity index (χ2v) is 5.50. The van der Waals surface area contributed by atoms with Gasteiger partial charge in [-0.15, -0.1) is 0 Å². The fourth-order valence-corrected chi connectivity index (χ4v) is 2.92. The van der Waals surface area contributed by atoms with Crippen LogP contribution in [0.5, 0.6) is 5.88 Å². The van der Waals surface area contributed by atoms with E-state index in [4.69, 9.17) is 0 Å². The summed E-state index contributed by atoms with van der Waals surface area (Å²) >= 11 is 1.60. The maximum atomic E-state index is 13.2. The van der Waals surface area contributed by atoms with Crippen LogP contribution in [0.25, 0.3) is 0 Å². The van der Waals surface area contributed by atoms with Gasteiger partial charge in [-0.2, -0.15) is 16.2 Å². The molecule has 0 radical (unpaired) electrons. The van der Waals surface area contributed by atoms with Crippen molar-refractivity contribution in [3.05, 3.63) is 26.7 Å². The number of aromatic nitrogens is 2. The maximum Gasteiger partial charge on any atom is 0.331 e. The van der Waals surface area contributed by atoms with Crippen molar-refractivity contribution in [2.24, 2.45) is 0 Å². The van der Waals surface area contributed by atoms with Crippen molar-refractivity contribution in [3.8, 4) is 5.88 Å². The van der Waals surface area contributed by atoms with Gasteiger partial charge in [-0.3, -0.25) is 14.3 Å². The summed E-state index contributed by atoms with van der Waals surface area (Å²) in [5.74, 6) is -2.18. The molecule has 1 heterocycles. The molecular formula is C10H13FN2O3S. The smallest absolute Gasteiger partial charge is 0.331 e. The van der Waals surface area contributed by atoms with Crippen LogP contribution in [-0.2, 0) is 6.54 Å². The lowest BCUT2D eigenvalue weighted by atomic mass is 9.84. The lowest BCUT2D eigenvalue weighted by Gasteiger charge is -2.40. The van der Waals surface area contributed by atoms with E-state index in [-0.39, 0.29) is 11.3 Å². The molecule has 0 bridgehead atoms. The summed E-state index contributed by atoms with van der Waals surface area (Å²) in [7, 11) is 0. The first-order chi connectivity index (χ1) is 7.99. The van der Waals surface area contributed by atoms with Gasteiger partial charge in [-0.1, -0.05) is 6.42 Å². The summed E-state index contributed by atoms with van der Waals surface area (Å²) in [5.41, 5.74) is -1.95. The molecule has 0 aromatic carbocycles. The molecule has 1 aliphatic carbocycles. The fraction of sp³-hybridized carbons (Fsp3) is 0.600. The molecule has 0 unspecified atom stereocenters. The van der Waals surface area contributed by atoms with Crippen molar-refractivity contribution in [1.82, 2.24) is 9.55 Å². The Morgan fingerprint density at radius 2 is 2.18 bits per heavy atom. The first kappa shape index (κ1) is 12.2. The quantitative estimate of drug-likeness (QED) is 0.837. The molecule has 1 aromatic rings. The standard InChI is InChI=1S/C10H13FN2O3S/c1-17-10(3-2-4-10)5-13-8(15)6(11)7(14)12-9(13)16/h15H,2-5H2,1H3,(H,12,14,16). The number of aromatic hydroxyl groups is 1. The lowest BCUT2D eigenvalue weighted by Crippen LogP contribution is -2.43. The number of nitrogens with one attached hydrogen (secondary N) is 1. The van der Waals surface area contributed by atoms with Gasteiger partial charge in [0.25, 0.3) is 5.56 Å². The van der Waals surface area contributed by atoms with Crippen molar-refractivity contribution in [3.63, 3.8) is 0 Å². The number of hydrogen-bond acceptors (Lipinski definition) is 4. The minimum atomic E-state index is -1.31. The van der Waals surface area contributed by atoms with Gasteiger partial charge in [0, 0.05) is 11.3 Å². The summed E-state index contributed by atoms with van der Waals surface area (Å²) in [6, 6.07) is 0. The SMILES string of the molecule is CSC1(Cn2c(O)c(F)c(=O)[nH]c2=O)CCC1. The summed E-state index contributed by atoms with van der Waals surface area (Å²) in [5, 5.41) is 9.50. The molecule has 5 nitrogen and oxygen atoms in total. The van der Waals surface area contributed by atoms with Crippen LogP contribution in [0.15, 0.2) is 9.59 Å². The Kier molecular flexibility index (Phi) is 3.03. The van der Waals surface area contributed by atoms with Crippen molar-refractivity contribution < 1.29 is 9.50 Å². The van der Waals surface area contributed by atoms with E-state index in [1.165, 1.54) is 0 Å². The molecule has 0 atom stereocenters. The molecule has 2 N–H and O–H groups in total. The van der Waals surface area contributed by atoms with Crippen LogP contribution in [0.1, 0.15) is 19.3 Å². The van der Waals surface area contributed by atoms with E-state index < -0.39 is 22.9 Å². The Morgan fingerprint density at radius 1 is 1.53 bits per heavy atom. The van der Waals surface area contributed by atoms with E-state index in [2.05, 4.69) is 0 Å². The number of thioether (sulfide) groups is 1. The monoisotopic (exact) mass is 260 g/mol. The molecule has 94 valence electrons. The molecule has 1 saturated carbocycles. The molecule has 0 saturated heterocycles. The number of aromatic amines is 1. The number of rotatable bonds is 3. The highest BCUT2D eigenvalue weighted by Gasteiger charge is 2.37. The molecular weight excluding hydrogens is 247 g/mol. The lowest BCUT2D eigenvalue weighted by molar-refractivity contribution is 0.284. The van der Waals surface area contributed by atoms with Crippen molar-refractivity contribution in [2.45, 2.75) is 30.6 Å². The van der Waals surface area contributed by atoms with Crippen molar-refractivity contribution >= 4 is 11.8 Å². The number of nitrogens with zero attached hydrogens (tertiary/aromatic N) is 1. The Labute approximate surface area is 101 Å². The minimum Gasteiger partial charge on any atom is -0.492 e. The van der Waals surface area contributed by atoms with Crippen LogP contribution in [0, 0.1) is 5.82 Å². The number of hydrogen-bond donors (Lipinski definition) is 2. The fourth-order valence-electron chi connectivity index (χ4n) is 1.97. The van der Waals surface area contributed by atoms with Gasteiger partial charge in [0.05, 0.1) is 0 Å². The summed E-state index contributed by atoms with van der Waals surface area (Å²) < 4.78 is 14.0. The topological polar surface area (TPSA) is 75.1 Å². The van der Waals surface area contributed by atoms with E-state index in [1.807, 2.05) is 11.2 Å². The van der Waals surface area contributed by atoms with E-state index in [1.54, 1.807) is 11.8 Å². The third-order valence-corrected chi connectivity index (χ3v) is 4.66. The van der Waals surface area contributed by atoms with Crippen LogP contribution in [-0.4, -0.2) is 25.7 Å². The molecule has 7 heteroatoms. The number of H-pyrrole nitrogens is 1. The van der Waals surface area contributed by atoms with Gasteiger partial charge in [0.2, 0.25) is 11.7 Å². The Hall–Kier alpha value is -1.24. The Balaban J connectivity index is 2.43. The molecule has 2 rings (SSSR count). The highest BCUT2D eigenvalue weighted by molar-refractivity contribution is 8.00. The molecule has 1 fully saturated rings. The highest BCUT2D eigenvalue weighted by atomic mass is 32.2. The zero-order valence-corrected chi connectivity index (χ0v) is 10.1. The first-order valence-corrected chi connectivity index (χ1v) is 6.48. The summed E-state index contributed by atoms with van der Waals surface area (Å²) in [4.78, 5) is 24.3. The van der Waals surface area contributed by atoms with Gasteiger partial charge in [0.15, 0.2) is 0 Å². The van der Waals surface area contributed by atoms with Gasteiger partial charge in [-0.25, -0.2) is 4.79 Å². The van der Waals surface area contributed by atoms with Gasteiger partial charge in [0.1, 0.15) is 0 Å². The van der Waals surface area contributed by atoms with Crippen LogP contribution < -0.4 is 11.2 Å². The maximum absolute atomic E-state index is 13.2. The molecule has 17 heavy (non-hydrogen) atoms. The first-order valence-electron chi connectivity index (χ1n) is 5.26. The minimum absolute atomic E-state index is 0.133. The van der Waals surface area contributed by atoms with Crippen LogP contribution in [0.3, 0.4) is 0 Å². The van der Waals surface area contributed by atoms with Crippen LogP contribution in [0.2, 0.25) is 0 Å². The predicted octanol–water partition coefficient (Wildman–Crippen LogP) is 0.667. The van der Waals surface area contributed by atoms with Crippen molar-refractivity contribution in [2.75, 3.05) is 6.26 Å². The molecule has 0 spiro atoms. The van der Waals surface area contributed by atoms with Gasteiger partial charge >= 0.3 is 5.69 Å². The summed E-state index contributed by atoms with van der Waals surface area (Å²) in [6.45, 7) is 0.215. The largest absolute Gasteiger partial charge is 0.492 e. The predicted molar refractivity (Wildman–Crippen MR) is 63.0 cm³/mol.